The van der Waals surface area contributed by atoms with Crippen LogP contribution in [0.3, 0.4) is 0 Å². The van der Waals surface area contributed by atoms with Crippen LogP contribution in [0.5, 0.6) is 0 Å². The predicted octanol–water partition coefficient (Wildman–Crippen LogP) is 1.35. The van der Waals surface area contributed by atoms with Gasteiger partial charge in [-0.25, -0.2) is 4.79 Å². The normalized spacial score (nSPS) is 12.5. The molecule has 0 heterocycles. The Morgan fingerprint density at radius 2 is 1.60 bits per heavy atom. The summed E-state index contributed by atoms with van der Waals surface area (Å²) in [5.41, 5.74) is 0.836. The minimum absolute atomic E-state index is 0.00796. The Balaban J connectivity index is 2.68. The highest BCUT2D eigenvalue weighted by molar-refractivity contribution is 5.95. The van der Waals surface area contributed by atoms with Gasteiger partial charge in [-0.2, -0.15) is 0 Å². The number of hydrogen-bond donors (Lipinski definition) is 3. The SMILES string of the molecule is CCOC(=O)CC[C@@H](NC(=O)[C@@H](NC(=O)CNC(=O)C=Cc1ccccc1)C(C)C)C(=O)OCC. The molecule has 3 N–H and O–H groups in total. The van der Waals surface area contributed by atoms with Gasteiger partial charge in [-0.1, -0.05) is 44.2 Å². The van der Waals surface area contributed by atoms with Crippen LogP contribution in [-0.4, -0.2) is 61.5 Å². The highest BCUT2D eigenvalue weighted by Crippen LogP contribution is 2.07. The van der Waals surface area contributed by atoms with Crippen molar-refractivity contribution < 1.29 is 33.4 Å². The lowest BCUT2D eigenvalue weighted by Gasteiger charge is -2.24. The Morgan fingerprint density at radius 1 is 0.943 bits per heavy atom. The van der Waals surface area contributed by atoms with Crippen LogP contribution < -0.4 is 16.0 Å². The molecule has 10 heteroatoms. The van der Waals surface area contributed by atoms with Gasteiger partial charge in [-0.3, -0.25) is 19.2 Å². The average molecular weight is 490 g/mol. The molecule has 0 aromatic heterocycles. The summed E-state index contributed by atoms with van der Waals surface area (Å²) in [5.74, 6) is -3.14. The van der Waals surface area contributed by atoms with E-state index in [9.17, 15) is 24.0 Å². The number of rotatable bonds is 14. The first-order chi connectivity index (χ1) is 16.7. The van der Waals surface area contributed by atoms with E-state index in [0.29, 0.717) is 0 Å². The molecule has 0 bridgehead atoms. The van der Waals surface area contributed by atoms with Crippen molar-refractivity contribution in [3.05, 3.63) is 42.0 Å². The second-order valence-corrected chi connectivity index (χ2v) is 7.91. The van der Waals surface area contributed by atoms with E-state index in [2.05, 4.69) is 16.0 Å². The third-order valence-electron chi connectivity index (χ3n) is 4.75. The molecule has 0 aliphatic carbocycles. The predicted molar refractivity (Wildman–Crippen MR) is 130 cm³/mol. The van der Waals surface area contributed by atoms with E-state index in [1.807, 2.05) is 30.3 Å². The van der Waals surface area contributed by atoms with E-state index in [1.165, 1.54) is 6.08 Å². The summed E-state index contributed by atoms with van der Waals surface area (Å²) < 4.78 is 9.86. The van der Waals surface area contributed by atoms with Gasteiger partial charge in [-0.15, -0.1) is 0 Å². The lowest BCUT2D eigenvalue weighted by molar-refractivity contribution is -0.149. The molecule has 3 amide bonds. The highest BCUT2D eigenvalue weighted by atomic mass is 16.5. The molecule has 35 heavy (non-hydrogen) atoms. The van der Waals surface area contributed by atoms with Crippen molar-refractivity contribution in [1.82, 2.24) is 16.0 Å². The summed E-state index contributed by atoms with van der Waals surface area (Å²) >= 11 is 0. The van der Waals surface area contributed by atoms with Crippen molar-refractivity contribution >= 4 is 35.7 Å². The maximum atomic E-state index is 12.9. The number of carbonyl (C=O) groups excluding carboxylic acids is 5. The number of nitrogens with one attached hydrogen (secondary N) is 3. The van der Waals surface area contributed by atoms with E-state index in [1.54, 1.807) is 33.8 Å². The molecule has 2 atom stereocenters. The summed E-state index contributed by atoms with van der Waals surface area (Å²) in [6.07, 6.45) is 2.83. The number of ether oxygens (including phenoxy) is 2. The first-order valence-electron chi connectivity index (χ1n) is 11.6. The molecule has 192 valence electrons. The van der Waals surface area contributed by atoms with Gasteiger partial charge in [0.05, 0.1) is 19.8 Å². The summed E-state index contributed by atoms with van der Waals surface area (Å²) in [6, 6.07) is 7.15. The maximum absolute atomic E-state index is 12.9. The van der Waals surface area contributed by atoms with Gasteiger partial charge in [0.2, 0.25) is 17.7 Å². The fourth-order valence-corrected chi connectivity index (χ4v) is 2.97. The van der Waals surface area contributed by atoms with Crippen LogP contribution in [0.25, 0.3) is 6.08 Å². The van der Waals surface area contributed by atoms with Crippen molar-refractivity contribution in [1.29, 1.82) is 0 Å². The fourth-order valence-electron chi connectivity index (χ4n) is 2.97. The van der Waals surface area contributed by atoms with Crippen molar-refractivity contribution in [2.45, 2.75) is 52.6 Å². The third-order valence-corrected chi connectivity index (χ3v) is 4.75. The third kappa shape index (κ3) is 11.8. The number of benzene rings is 1. The Labute approximate surface area is 205 Å². The van der Waals surface area contributed by atoms with Crippen LogP contribution >= 0.6 is 0 Å². The van der Waals surface area contributed by atoms with Crippen molar-refractivity contribution in [3.63, 3.8) is 0 Å². The van der Waals surface area contributed by atoms with Gasteiger partial charge in [0.25, 0.3) is 0 Å². The molecular formula is C25H35N3O7. The Bertz CT molecular complexity index is 884. The second-order valence-electron chi connectivity index (χ2n) is 7.91. The molecule has 0 aliphatic rings. The van der Waals surface area contributed by atoms with Crippen LogP contribution in [0.2, 0.25) is 0 Å². The van der Waals surface area contributed by atoms with E-state index >= 15 is 0 Å². The molecule has 0 fully saturated rings. The molecule has 1 rings (SSSR count). The van der Waals surface area contributed by atoms with Crippen LogP contribution in [0.4, 0.5) is 0 Å². The van der Waals surface area contributed by atoms with E-state index in [4.69, 9.17) is 9.47 Å². The van der Waals surface area contributed by atoms with E-state index in [0.717, 1.165) is 5.56 Å². The second kappa shape index (κ2) is 16.0. The Morgan fingerprint density at radius 3 is 2.20 bits per heavy atom. The molecule has 0 radical (unpaired) electrons. The van der Waals surface area contributed by atoms with Crippen molar-refractivity contribution in [3.8, 4) is 0 Å². The Kier molecular flexibility index (Phi) is 13.4. The molecule has 0 saturated heterocycles. The van der Waals surface area contributed by atoms with Crippen molar-refractivity contribution in [2.24, 2.45) is 5.92 Å². The molecule has 1 aromatic rings. The first-order valence-corrected chi connectivity index (χ1v) is 11.6. The average Bonchev–Trinajstić information content (AvgIpc) is 2.83. The van der Waals surface area contributed by atoms with Gasteiger partial charge in [0.15, 0.2) is 0 Å². The van der Waals surface area contributed by atoms with Crippen LogP contribution in [-0.2, 0) is 33.4 Å². The lowest BCUT2D eigenvalue weighted by atomic mass is 10.0. The van der Waals surface area contributed by atoms with E-state index in [-0.39, 0.29) is 38.5 Å². The van der Waals surface area contributed by atoms with Crippen LogP contribution in [0.15, 0.2) is 36.4 Å². The Hall–Kier alpha value is -3.69. The molecular weight excluding hydrogens is 454 g/mol. The summed E-state index contributed by atoms with van der Waals surface area (Å²) in [4.78, 5) is 61.2. The lowest BCUT2D eigenvalue weighted by Crippen LogP contribution is -2.55. The molecule has 1 aromatic carbocycles. The fraction of sp³-hybridized carbons (Fsp3) is 0.480. The summed E-state index contributed by atoms with van der Waals surface area (Å²) in [5, 5.41) is 7.59. The van der Waals surface area contributed by atoms with Crippen LogP contribution in [0.1, 0.15) is 46.1 Å². The molecule has 0 spiro atoms. The van der Waals surface area contributed by atoms with Crippen molar-refractivity contribution in [2.75, 3.05) is 19.8 Å². The highest BCUT2D eigenvalue weighted by Gasteiger charge is 2.29. The number of hydrogen-bond acceptors (Lipinski definition) is 7. The number of esters is 2. The smallest absolute Gasteiger partial charge is 0.328 e. The zero-order chi connectivity index (χ0) is 26.2. The summed E-state index contributed by atoms with van der Waals surface area (Å²) in [7, 11) is 0. The first kappa shape index (κ1) is 29.3. The summed E-state index contributed by atoms with van der Waals surface area (Å²) in [6.45, 7) is 6.72. The van der Waals surface area contributed by atoms with Gasteiger partial charge >= 0.3 is 11.9 Å². The van der Waals surface area contributed by atoms with Gasteiger partial charge < -0.3 is 25.4 Å². The topological polar surface area (TPSA) is 140 Å². The van der Waals surface area contributed by atoms with Gasteiger partial charge in [0.1, 0.15) is 12.1 Å². The molecule has 0 unspecified atom stereocenters. The number of carbonyl (C=O) groups is 5. The molecule has 0 aliphatic heterocycles. The molecule has 10 nitrogen and oxygen atoms in total. The maximum Gasteiger partial charge on any atom is 0.328 e. The monoisotopic (exact) mass is 489 g/mol. The van der Waals surface area contributed by atoms with Gasteiger partial charge in [-0.05, 0) is 37.8 Å². The standard InChI is InChI=1S/C25H35N3O7/c1-5-34-22(31)15-13-19(25(33)35-6-2)27-24(32)23(17(3)4)28-21(30)16-26-20(29)14-12-18-10-8-7-9-11-18/h7-12,14,17,19,23H,5-6,13,15-16H2,1-4H3,(H,26,29)(H,27,32)(H,28,30)/t19-,23+/m1/s1. The van der Waals surface area contributed by atoms with Gasteiger partial charge in [0, 0.05) is 12.5 Å². The quantitative estimate of drug-likeness (QED) is 0.265. The number of amides is 3. The zero-order valence-electron chi connectivity index (χ0n) is 20.7. The zero-order valence-corrected chi connectivity index (χ0v) is 20.7. The van der Waals surface area contributed by atoms with Crippen LogP contribution in [0, 0.1) is 5.92 Å². The molecule has 0 saturated carbocycles. The minimum Gasteiger partial charge on any atom is -0.466 e. The minimum atomic E-state index is -1.08. The largest absolute Gasteiger partial charge is 0.466 e. The van der Waals surface area contributed by atoms with E-state index < -0.39 is 41.7 Å².